The molecule has 0 amide bonds. The molecule has 1 aromatic carbocycles. The standard InChI is InChI=1S/C11H17N3O3/c1-12-7-8-13(2)9-5-4-6-10(17-3)11(9)14(15)16/h4-6,12H,7-8H2,1-3H3. The number of anilines is 1. The van der Waals surface area contributed by atoms with Gasteiger partial charge in [0.05, 0.1) is 12.0 Å². The second kappa shape index (κ2) is 6.05. The first-order valence-corrected chi connectivity index (χ1v) is 5.29. The van der Waals surface area contributed by atoms with Gasteiger partial charge in [0, 0.05) is 20.1 Å². The number of benzene rings is 1. The van der Waals surface area contributed by atoms with Gasteiger partial charge in [-0.25, -0.2) is 0 Å². The van der Waals surface area contributed by atoms with Crippen molar-refractivity contribution in [2.75, 3.05) is 39.2 Å². The van der Waals surface area contributed by atoms with Crippen molar-refractivity contribution in [3.05, 3.63) is 28.3 Å². The van der Waals surface area contributed by atoms with Gasteiger partial charge in [-0.05, 0) is 19.2 Å². The van der Waals surface area contributed by atoms with E-state index in [0.29, 0.717) is 12.2 Å². The van der Waals surface area contributed by atoms with Crippen LogP contribution in [0.2, 0.25) is 0 Å². The molecule has 0 spiro atoms. The number of nitrogens with zero attached hydrogens (tertiary/aromatic N) is 2. The maximum atomic E-state index is 11.1. The van der Waals surface area contributed by atoms with Gasteiger partial charge in [-0.3, -0.25) is 10.1 Å². The van der Waals surface area contributed by atoms with E-state index in [1.54, 1.807) is 18.2 Å². The number of hydrogen-bond acceptors (Lipinski definition) is 5. The second-order valence-corrected chi connectivity index (χ2v) is 3.61. The molecule has 0 unspecified atom stereocenters. The third kappa shape index (κ3) is 3.07. The Balaban J connectivity index is 3.09. The number of para-hydroxylation sites is 1. The molecule has 0 heterocycles. The first-order chi connectivity index (χ1) is 8.11. The summed E-state index contributed by atoms with van der Waals surface area (Å²) in [7, 11) is 5.09. The Kier molecular flexibility index (Phi) is 4.71. The van der Waals surface area contributed by atoms with Crippen LogP contribution in [0, 0.1) is 10.1 Å². The maximum absolute atomic E-state index is 11.1. The van der Waals surface area contributed by atoms with Gasteiger partial charge >= 0.3 is 5.69 Å². The van der Waals surface area contributed by atoms with Crippen LogP contribution in [0.3, 0.4) is 0 Å². The number of nitro benzene ring substituents is 1. The van der Waals surface area contributed by atoms with Gasteiger partial charge in [0.1, 0.15) is 5.69 Å². The zero-order valence-electron chi connectivity index (χ0n) is 10.3. The first-order valence-electron chi connectivity index (χ1n) is 5.29. The molecule has 6 heteroatoms. The molecule has 17 heavy (non-hydrogen) atoms. The molecule has 6 nitrogen and oxygen atoms in total. The molecule has 0 aliphatic rings. The Bertz CT molecular complexity index is 396. The van der Waals surface area contributed by atoms with E-state index >= 15 is 0 Å². The monoisotopic (exact) mass is 239 g/mol. The Morgan fingerprint density at radius 2 is 2.24 bits per heavy atom. The number of hydrogen-bond donors (Lipinski definition) is 1. The zero-order valence-corrected chi connectivity index (χ0v) is 10.3. The van der Waals surface area contributed by atoms with Crippen LogP contribution in [-0.2, 0) is 0 Å². The zero-order chi connectivity index (χ0) is 12.8. The van der Waals surface area contributed by atoms with E-state index in [9.17, 15) is 10.1 Å². The van der Waals surface area contributed by atoms with Gasteiger partial charge in [-0.15, -0.1) is 0 Å². The van der Waals surface area contributed by atoms with Crippen molar-refractivity contribution >= 4 is 11.4 Å². The molecule has 0 bridgehead atoms. The molecule has 0 aliphatic carbocycles. The largest absolute Gasteiger partial charge is 0.490 e. The predicted molar refractivity (Wildman–Crippen MR) is 66.8 cm³/mol. The van der Waals surface area contributed by atoms with E-state index in [1.165, 1.54) is 7.11 Å². The van der Waals surface area contributed by atoms with Crippen molar-refractivity contribution in [2.24, 2.45) is 0 Å². The number of rotatable bonds is 6. The van der Waals surface area contributed by atoms with E-state index in [0.717, 1.165) is 6.54 Å². The highest BCUT2D eigenvalue weighted by atomic mass is 16.6. The topological polar surface area (TPSA) is 67.6 Å². The Morgan fingerprint density at radius 3 is 2.76 bits per heavy atom. The Hall–Kier alpha value is -1.82. The van der Waals surface area contributed by atoms with Gasteiger partial charge in [0.25, 0.3) is 0 Å². The fourth-order valence-electron chi connectivity index (χ4n) is 1.57. The van der Waals surface area contributed by atoms with E-state index in [-0.39, 0.29) is 11.4 Å². The number of likely N-dealkylation sites (N-methyl/N-ethyl adjacent to an activating group) is 2. The fraction of sp³-hybridized carbons (Fsp3) is 0.455. The number of methoxy groups -OCH3 is 1. The minimum absolute atomic E-state index is 0.00797. The highest BCUT2D eigenvalue weighted by Crippen LogP contribution is 2.36. The summed E-state index contributed by atoms with van der Waals surface area (Å²) in [5.41, 5.74) is 0.568. The molecule has 94 valence electrons. The molecule has 1 rings (SSSR count). The van der Waals surface area contributed by atoms with Crippen molar-refractivity contribution in [2.45, 2.75) is 0 Å². The summed E-state index contributed by atoms with van der Waals surface area (Å²) in [6, 6.07) is 5.06. The third-order valence-electron chi connectivity index (χ3n) is 2.49. The highest BCUT2D eigenvalue weighted by molar-refractivity contribution is 5.69. The molecular weight excluding hydrogens is 222 g/mol. The lowest BCUT2D eigenvalue weighted by molar-refractivity contribution is -0.385. The van der Waals surface area contributed by atoms with Gasteiger partial charge < -0.3 is 15.0 Å². The Morgan fingerprint density at radius 1 is 1.53 bits per heavy atom. The average Bonchev–Trinajstić information content (AvgIpc) is 2.34. The van der Waals surface area contributed by atoms with E-state index in [4.69, 9.17) is 4.74 Å². The summed E-state index contributed by atoms with van der Waals surface area (Å²) in [5, 5.41) is 14.1. The average molecular weight is 239 g/mol. The molecule has 0 atom stereocenters. The summed E-state index contributed by atoms with van der Waals surface area (Å²) in [6.07, 6.45) is 0. The second-order valence-electron chi connectivity index (χ2n) is 3.61. The summed E-state index contributed by atoms with van der Waals surface area (Å²) < 4.78 is 5.02. The van der Waals surface area contributed by atoms with Crippen LogP contribution in [-0.4, -0.2) is 39.2 Å². The molecule has 0 radical (unpaired) electrons. The van der Waals surface area contributed by atoms with Crippen LogP contribution in [0.15, 0.2) is 18.2 Å². The lowest BCUT2D eigenvalue weighted by atomic mass is 10.2. The molecule has 0 saturated carbocycles. The van der Waals surface area contributed by atoms with E-state index in [2.05, 4.69) is 5.32 Å². The summed E-state index contributed by atoms with van der Waals surface area (Å²) in [4.78, 5) is 12.5. The number of nitrogens with one attached hydrogen (secondary N) is 1. The molecule has 0 aromatic heterocycles. The summed E-state index contributed by atoms with van der Waals surface area (Å²) in [5.74, 6) is 0.281. The fourth-order valence-corrected chi connectivity index (χ4v) is 1.57. The van der Waals surface area contributed by atoms with Crippen molar-refractivity contribution in [3.63, 3.8) is 0 Å². The number of nitro groups is 1. The minimum Gasteiger partial charge on any atom is -0.490 e. The van der Waals surface area contributed by atoms with Crippen molar-refractivity contribution in [1.29, 1.82) is 0 Å². The van der Waals surface area contributed by atoms with Crippen LogP contribution in [0.5, 0.6) is 5.75 Å². The smallest absolute Gasteiger partial charge is 0.333 e. The maximum Gasteiger partial charge on any atom is 0.333 e. The molecule has 0 aliphatic heterocycles. The van der Waals surface area contributed by atoms with Gasteiger partial charge in [0.15, 0.2) is 5.75 Å². The van der Waals surface area contributed by atoms with Crippen LogP contribution < -0.4 is 15.0 Å². The lowest BCUT2D eigenvalue weighted by Crippen LogP contribution is -2.27. The SMILES string of the molecule is CNCCN(C)c1cccc(OC)c1[N+](=O)[O-]. The van der Waals surface area contributed by atoms with Crippen LogP contribution in [0.1, 0.15) is 0 Å². The first kappa shape index (κ1) is 13.2. The quantitative estimate of drug-likeness (QED) is 0.598. The van der Waals surface area contributed by atoms with E-state index < -0.39 is 4.92 Å². The lowest BCUT2D eigenvalue weighted by Gasteiger charge is -2.19. The number of ether oxygens (including phenoxy) is 1. The Labute approximate surface area is 100 Å². The molecule has 1 N–H and O–H groups in total. The van der Waals surface area contributed by atoms with Gasteiger partial charge in [-0.1, -0.05) is 6.07 Å². The van der Waals surface area contributed by atoms with Crippen molar-refractivity contribution < 1.29 is 9.66 Å². The van der Waals surface area contributed by atoms with Crippen molar-refractivity contribution in [1.82, 2.24) is 5.32 Å². The summed E-state index contributed by atoms with van der Waals surface area (Å²) >= 11 is 0. The molecule has 1 aromatic rings. The van der Waals surface area contributed by atoms with Crippen LogP contribution >= 0.6 is 0 Å². The van der Waals surface area contributed by atoms with Crippen molar-refractivity contribution in [3.8, 4) is 5.75 Å². The van der Waals surface area contributed by atoms with Gasteiger partial charge in [-0.2, -0.15) is 0 Å². The summed E-state index contributed by atoms with van der Waals surface area (Å²) in [6.45, 7) is 1.44. The van der Waals surface area contributed by atoms with Crippen LogP contribution in [0.4, 0.5) is 11.4 Å². The van der Waals surface area contributed by atoms with E-state index in [1.807, 2.05) is 19.0 Å². The third-order valence-corrected chi connectivity index (χ3v) is 2.49. The molecule has 0 fully saturated rings. The molecular formula is C11H17N3O3. The minimum atomic E-state index is -0.413. The normalized spacial score (nSPS) is 10.1. The highest BCUT2D eigenvalue weighted by Gasteiger charge is 2.22. The predicted octanol–water partition coefficient (Wildman–Crippen LogP) is 1.26. The van der Waals surface area contributed by atoms with Gasteiger partial charge in [0.2, 0.25) is 0 Å². The van der Waals surface area contributed by atoms with Crippen LogP contribution in [0.25, 0.3) is 0 Å². The molecule has 0 saturated heterocycles.